The Morgan fingerprint density at radius 2 is 2.06 bits per heavy atom. The van der Waals surface area contributed by atoms with Crippen molar-refractivity contribution in [2.75, 3.05) is 11.5 Å². The SMILES string of the molecule is N#CCCCS(=O)(=O)CC1(CC(=O)O)CC1. The first-order valence-electron chi connectivity index (χ1n) is 5.18. The minimum absolute atomic E-state index is 0.0120. The Morgan fingerprint density at radius 3 is 2.50 bits per heavy atom. The molecule has 1 N–H and O–H groups in total. The van der Waals surface area contributed by atoms with Gasteiger partial charge >= 0.3 is 5.97 Å². The summed E-state index contributed by atoms with van der Waals surface area (Å²) in [6.45, 7) is 0. The van der Waals surface area contributed by atoms with Gasteiger partial charge in [0.2, 0.25) is 0 Å². The highest BCUT2D eigenvalue weighted by atomic mass is 32.2. The van der Waals surface area contributed by atoms with E-state index in [0.717, 1.165) is 0 Å². The standard InChI is InChI=1S/C10H15NO4S/c11-5-1-2-6-16(14,15)8-10(3-4-10)7-9(12)13/h1-4,6-8H2,(H,12,13). The molecule has 0 aromatic carbocycles. The van der Waals surface area contributed by atoms with Crippen LogP contribution in [0.25, 0.3) is 0 Å². The zero-order chi connectivity index (χ0) is 12.2. The number of carbonyl (C=O) groups is 1. The zero-order valence-corrected chi connectivity index (χ0v) is 9.79. The lowest BCUT2D eigenvalue weighted by Gasteiger charge is -2.12. The fourth-order valence-corrected chi connectivity index (χ4v) is 3.83. The Morgan fingerprint density at radius 1 is 1.44 bits per heavy atom. The molecule has 0 atom stereocenters. The molecule has 16 heavy (non-hydrogen) atoms. The van der Waals surface area contributed by atoms with Crippen molar-refractivity contribution in [1.29, 1.82) is 5.26 Å². The summed E-state index contributed by atoms with van der Waals surface area (Å²) in [5.41, 5.74) is -0.517. The fourth-order valence-electron chi connectivity index (χ4n) is 1.78. The Balaban J connectivity index is 2.47. The van der Waals surface area contributed by atoms with Gasteiger partial charge in [-0.05, 0) is 24.7 Å². The first kappa shape index (κ1) is 13.0. The van der Waals surface area contributed by atoms with Crippen molar-refractivity contribution in [3.63, 3.8) is 0 Å². The Hall–Kier alpha value is -1.09. The van der Waals surface area contributed by atoms with E-state index in [0.29, 0.717) is 19.3 Å². The second kappa shape index (κ2) is 4.83. The van der Waals surface area contributed by atoms with Gasteiger partial charge in [-0.3, -0.25) is 4.79 Å². The van der Waals surface area contributed by atoms with Gasteiger partial charge in [0.1, 0.15) is 0 Å². The lowest BCUT2D eigenvalue weighted by molar-refractivity contribution is -0.138. The van der Waals surface area contributed by atoms with Crippen LogP contribution in [-0.2, 0) is 14.6 Å². The van der Waals surface area contributed by atoms with E-state index in [4.69, 9.17) is 10.4 Å². The highest BCUT2D eigenvalue weighted by Crippen LogP contribution is 2.49. The molecule has 0 bridgehead atoms. The second-order valence-corrected chi connectivity index (χ2v) is 6.61. The van der Waals surface area contributed by atoms with E-state index in [1.807, 2.05) is 6.07 Å². The maximum atomic E-state index is 11.6. The van der Waals surface area contributed by atoms with Crippen molar-refractivity contribution in [2.45, 2.75) is 32.1 Å². The van der Waals surface area contributed by atoms with Crippen LogP contribution in [0.3, 0.4) is 0 Å². The number of nitriles is 1. The van der Waals surface area contributed by atoms with Crippen molar-refractivity contribution in [1.82, 2.24) is 0 Å². The summed E-state index contributed by atoms with van der Waals surface area (Å²) < 4.78 is 23.3. The molecule has 5 nitrogen and oxygen atoms in total. The normalized spacial score (nSPS) is 17.7. The summed E-state index contributed by atoms with van der Waals surface area (Å²) in [4.78, 5) is 10.6. The molecule has 0 unspecified atom stereocenters. The lowest BCUT2D eigenvalue weighted by Crippen LogP contribution is -2.22. The van der Waals surface area contributed by atoms with Gasteiger partial charge < -0.3 is 5.11 Å². The smallest absolute Gasteiger partial charge is 0.303 e. The average molecular weight is 245 g/mol. The van der Waals surface area contributed by atoms with E-state index < -0.39 is 21.2 Å². The van der Waals surface area contributed by atoms with Crippen LogP contribution in [0.4, 0.5) is 0 Å². The molecule has 1 aliphatic carbocycles. The number of unbranched alkanes of at least 4 members (excludes halogenated alkanes) is 1. The summed E-state index contributed by atoms with van der Waals surface area (Å²) in [7, 11) is -3.21. The third kappa shape index (κ3) is 4.19. The Labute approximate surface area is 95.0 Å². The van der Waals surface area contributed by atoms with Crippen molar-refractivity contribution in [3.05, 3.63) is 0 Å². The highest BCUT2D eigenvalue weighted by Gasteiger charge is 2.47. The van der Waals surface area contributed by atoms with Crippen molar-refractivity contribution < 1.29 is 18.3 Å². The average Bonchev–Trinajstić information content (AvgIpc) is 2.82. The minimum Gasteiger partial charge on any atom is -0.481 e. The second-order valence-electron chi connectivity index (χ2n) is 4.42. The molecule has 0 aromatic heterocycles. The summed E-state index contributed by atoms with van der Waals surface area (Å²) in [5, 5.41) is 17.0. The molecule has 0 saturated heterocycles. The Bertz CT molecular complexity index is 403. The van der Waals surface area contributed by atoms with E-state index in [2.05, 4.69) is 0 Å². The van der Waals surface area contributed by atoms with Crippen LogP contribution in [0.1, 0.15) is 32.1 Å². The molecule has 6 heteroatoms. The molecule has 0 spiro atoms. The first-order chi connectivity index (χ1) is 7.39. The molecular weight excluding hydrogens is 230 g/mol. The number of carboxylic acid groups (broad SMARTS) is 1. The number of hydrogen-bond acceptors (Lipinski definition) is 4. The number of hydrogen-bond donors (Lipinski definition) is 1. The number of carboxylic acids is 1. The van der Waals surface area contributed by atoms with E-state index in [9.17, 15) is 13.2 Å². The van der Waals surface area contributed by atoms with E-state index in [1.54, 1.807) is 0 Å². The predicted molar refractivity (Wildman–Crippen MR) is 57.4 cm³/mol. The number of nitrogens with zero attached hydrogens (tertiary/aromatic N) is 1. The van der Waals surface area contributed by atoms with Crippen molar-refractivity contribution in [2.24, 2.45) is 5.41 Å². The van der Waals surface area contributed by atoms with Gasteiger partial charge in [0, 0.05) is 6.42 Å². The molecule has 0 radical (unpaired) electrons. The van der Waals surface area contributed by atoms with Crippen LogP contribution in [0.2, 0.25) is 0 Å². The van der Waals surface area contributed by atoms with Crippen LogP contribution in [0.5, 0.6) is 0 Å². The van der Waals surface area contributed by atoms with E-state index in [1.165, 1.54) is 0 Å². The summed E-state index contributed by atoms with van der Waals surface area (Å²) >= 11 is 0. The molecule has 0 heterocycles. The van der Waals surface area contributed by atoms with Crippen LogP contribution < -0.4 is 0 Å². The van der Waals surface area contributed by atoms with Crippen molar-refractivity contribution in [3.8, 4) is 6.07 Å². The maximum absolute atomic E-state index is 11.6. The van der Waals surface area contributed by atoms with Gasteiger partial charge in [-0.25, -0.2) is 8.42 Å². The molecule has 0 amide bonds. The van der Waals surface area contributed by atoms with Gasteiger partial charge in [-0.1, -0.05) is 0 Å². The monoisotopic (exact) mass is 245 g/mol. The third-order valence-electron chi connectivity index (χ3n) is 2.75. The van der Waals surface area contributed by atoms with Crippen LogP contribution >= 0.6 is 0 Å². The molecule has 1 aliphatic rings. The molecule has 90 valence electrons. The number of rotatable bonds is 7. The summed E-state index contributed by atoms with van der Waals surface area (Å²) in [6, 6.07) is 1.89. The minimum atomic E-state index is -3.21. The Kier molecular flexibility index (Phi) is 3.92. The van der Waals surface area contributed by atoms with E-state index in [-0.39, 0.29) is 24.3 Å². The summed E-state index contributed by atoms with van der Waals surface area (Å²) in [6.07, 6.45) is 1.85. The van der Waals surface area contributed by atoms with Crippen LogP contribution in [0, 0.1) is 16.7 Å². The zero-order valence-electron chi connectivity index (χ0n) is 8.98. The van der Waals surface area contributed by atoms with Gasteiger partial charge in [0.15, 0.2) is 9.84 Å². The quantitative estimate of drug-likeness (QED) is 0.674. The molecular formula is C10H15NO4S. The van der Waals surface area contributed by atoms with Gasteiger partial charge in [0.25, 0.3) is 0 Å². The topological polar surface area (TPSA) is 95.2 Å². The number of aliphatic carboxylic acids is 1. The predicted octanol–water partition coefficient (Wildman–Crippen LogP) is 0.960. The molecule has 1 saturated carbocycles. The number of sulfone groups is 1. The highest BCUT2D eigenvalue weighted by molar-refractivity contribution is 7.91. The van der Waals surface area contributed by atoms with Gasteiger partial charge in [-0.15, -0.1) is 0 Å². The summed E-state index contributed by atoms with van der Waals surface area (Å²) in [5.74, 6) is -0.996. The van der Waals surface area contributed by atoms with Crippen LogP contribution in [-0.4, -0.2) is 31.0 Å². The van der Waals surface area contributed by atoms with Crippen molar-refractivity contribution >= 4 is 15.8 Å². The molecule has 0 aliphatic heterocycles. The fraction of sp³-hybridized carbons (Fsp3) is 0.800. The van der Waals surface area contributed by atoms with E-state index >= 15 is 0 Å². The lowest BCUT2D eigenvalue weighted by atomic mass is 10.1. The molecule has 1 rings (SSSR count). The van der Waals surface area contributed by atoms with Crippen LogP contribution in [0.15, 0.2) is 0 Å². The third-order valence-corrected chi connectivity index (χ3v) is 4.72. The van der Waals surface area contributed by atoms with Gasteiger partial charge in [0.05, 0.1) is 24.0 Å². The molecule has 1 fully saturated rings. The molecule has 0 aromatic rings. The largest absolute Gasteiger partial charge is 0.481 e. The first-order valence-corrected chi connectivity index (χ1v) is 7.00. The van der Waals surface area contributed by atoms with Gasteiger partial charge in [-0.2, -0.15) is 5.26 Å². The maximum Gasteiger partial charge on any atom is 0.303 e.